The second-order valence-corrected chi connectivity index (χ2v) is 10.8. The summed E-state index contributed by atoms with van der Waals surface area (Å²) in [6, 6.07) is 26.2. The summed E-state index contributed by atoms with van der Waals surface area (Å²) in [5, 5.41) is 7.55. The van der Waals surface area contributed by atoms with Crippen molar-refractivity contribution in [2.24, 2.45) is 5.41 Å². The van der Waals surface area contributed by atoms with Gasteiger partial charge >= 0.3 is 0 Å². The minimum absolute atomic E-state index is 0.195. The van der Waals surface area contributed by atoms with Crippen LogP contribution in [0.15, 0.2) is 79.1 Å². The number of hydrogen-bond acceptors (Lipinski definition) is 3. The van der Waals surface area contributed by atoms with Gasteiger partial charge in [-0.15, -0.1) is 11.3 Å². The number of nitrogens with zero attached hydrogens (tertiary/aromatic N) is 2. The summed E-state index contributed by atoms with van der Waals surface area (Å²) in [7, 11) is 0. The minimum atomic E-state index is 0.195. The lowest BCUT2D eigenvalue weighted by molar-refractivity contribution is 0.414. The van der Waals surface area contributed by atoms with Gasteiger partial charge in [0.05, 0.1) is 5.69 Å². The third-order valence-corrected chi connectivity index (χ3v) is 7.29. The Labute approximate surface area is 191 Å². The molecule has 2 heterocycles. The molecule has 0 saturated heterocycles. The smallest absolute Gasteiger partial charge is 0.128 e. The van der Waals surface area contributed by atoms with E-state index in [1.807, 2.05) is 0 Å². The van der Waals surface area contributed by atoms with Gasteiger partial charge in [0.2, 0.25) is 0 Å². The molecule has 3 heteroatoms. The molecule has 0 radical (unpaired) electrons. The largest absolute Gasteiger partial charge is 0.236 e. The zero-order valence-electron chi connectivity index (χ0n) is 18.5. The van der Waals surface area contributed by atoms with Gasteiger partial charge in [0, 0.05) is 21.0 Å². The molecule has 0 N–H and O–H groups in total. The van der Waals surface area contributed by atoms with Crippen molar-refractivity contribution < 1.29 is 0 Å². The Bertz CT molecular complexity index is 1640. The quantitative estimate of drug-likeness (QED) is 0.274. The lowest BCUT2D eigenvalue weighted by Gasteiger charge is -2.20. The fourth-order valence-electron chi connectivity index (χ4n) is 4.75. The molecule has 156 valence electrons. The SMILES string of the molecule is CC(C)(C)Cc1c2ccccc2cc2c1sc1ncnc(-c3ccc4ccccc4c3)c12. The highest BCUT2D eigenvalue weighted by molar-refractivity contribution is 7.25. The van der Waals surface area contributed by atoms with Gasteiger partial charge < -0.3 is 0 Å². The molecular weight excluding hydrogens is 408 g/mol. The van der Waals surface area contributed by atoms with Gasteiger partial charge in [0.15, 0.2) is 0 Å². The van der Waals surface area contributed by atoms with Crippen molar-refractivity contribution in [1.29, 1.82) is 0 Å². The van der Waals surface area contributed by atoms with Crippen LogP contribution in [0.3, 0.4) is 0 Å². The first-order valence-corrected chi connectivity index (χ1v) is 11.9. The molecule has 0 atom stereocenters. The number of benzene rings is 4. The molecule has 0 aliphatic rings. The Hall–Kier alpha value is -3.30. The standard InChI is InChI=1S/C29H24N2S/c1-29(2,3)16-24-22-11-7-6-10-20(22)15-23-25-26(30-17-31-28(25)32-27(23)24)21-13-12-18-8-4-5-9-19(18)14-21/h4-15,17H,16H2,1-3H3. The molecule has 0 spiro atoms. The summed E-state index contributed by atoms with van der Waals surface area (Å²) in [5.41, 5.74) is 3.78. The Balaban J connectivity index is 1.71. The van der Waals surface area contributed by atoms with Crippen LogP contribution in [0.1, 0.15) is 26.3 Å². The average Bonchev–Trinajstić information content (AvgIpc) is 3.16. The monoisotopic (exact) mass is 432 g/mol. The summed E-state index contributed by atoms with van der Waals surface area (Å²) >= 11 is 1.81. The van der Waals surface area contributed by atoms with Crippen molar-refractivity contribution in [3.63, 3.8) is 0 Å². The van der Waals surface area contributed by atoms with E-state index in [0.29, 0.717) is 0 Å². The topological polar surface area (TPSA) is 25.8 Å². The molecule has 6 aromatic rings. The third kappa shape index (κ3) is 3.16. The highest BCUT2D eigenvalue weighted by atomic mass is 32.1. The van der Waals surface area contributed by atoms with Crippen LogP contribution in [0.4, 0.5) is 0 Å². The molecule has 0 aliphatic heterocycles. The van der Waals surface area contributed by atoms with E-state index in [-0.39, 0.29) is 5.41 Å². The van der Waals surface area contributed by atoms with Gasteiger partial charge in [0.25, 0.3) is 0 Å². The zero-order valence-corrected chi connectivity index (χ0v) is 19.3. The summed E-state index contributed by atoms with van der Waals surface area (Å²) in [6.07, 6.45) is 2.74. The van der Waals surface area contributed by atoms with Gasteiger partial charge in [-0.25, -0.2) is 9.97 Å². The third-order valence-electron chi connectivity index (χ3n) is 6.12. The van der Waals surface area contributed by atoms with Crippen molar-refractivity contribution in [2.75, 3.05) is 0 Å². The fraction of sp³-hybridized carbons (Fsp3) is 0.172. The van der Waals surface area contributed by atoms with Crippen LogP contribution in [0.25, 0.3) is 53.1 Å². The maximum Gasteiger partial charge on any atom is 0.128 e. The Morgan fingerprint density at radius 2 is 1.50 bits per heavy atom. The van der Waals surface area contributed by atoms with E-state index in [0.717, 1.165) is 22.5 Å². The summed E-state index contributed by atoms with van der Waals surface area (Å²) in [5.74, 6) is 0. The maximum atomic E-state index is 4.79. The lowest BCUT2D eigenvalue weighted by atomic mass is 9.85. The molecule has 0 aliphatic carbocycles. The van der Waals surface area contributed by atoms with Gasteiger partial charge in [0.1, 0.15) is 11.2 Å². The second-order valence-electron chi connectivity index (χ2n) is 9.76. The number of rotatable bonds is 2. The number of hydrogen-bond donors (Lipinski definition) is 0. The summed E-state index contributed by atoms with van der Waals surface area (Å²) < 4.78 is 1.34. The van der Waals surface area contributed by atoms with Crippen LogP contribution in [-0.2, 0) is 6.42 Å². The predicted molar refractivity (Wildman–Crippen MR) is 139 cm³/mol. The van der Waals surface area contributed by atoms with Crippen molar-refractivity contribution in [3.05, 3.63) is 84.7 Å². The molecule has 0 amide bonds. The second kappa shape index (κ2) is 7.11. The van der Waals surface area contributed by atoms with Crippen molar-refractivity contribution in [1.82, 2.24) is 9.97 Å². The number of thiophene rings is 1. The first-order valence-electron chi connectivity index (χ1n) is 11.0. The summed E-state index contributed by atoms with van der Waals surface area (Å²) in [4.78, 5) is 10.5. The summed E-state index contributed by atoms with van der Waals surface area (Å²) in [6.45, 7) is 6.94. The van der Waals surface area contributed by atoms with Crippen LogP contribution in [0.2, 0.25) is 0 Å². The van der Waals surface area contributed by atoms with E-state index in [1.165, 1.54) is 42.6 Å². The van der Waals surface area contributed by atoms with E-state index >= 15 is 0 Å². The van der Waals surface area contributed by atoms with Gasteiger partial charge in [-0.3, -0.25) is 0 Å². The molecule has 0 unspecified atom stereocenters. The predicted octanol–water partition coefficient (Wildman–Crippen LogP) is 8.41. The van der Waals surface area contributed by atoms with Gasteiger partial charge in [-0.05, 0) is 51.1 Å². The van der Waals surface area contributed by atoms with Crippen molar-refractivity contribution in [2.45, 2.75) is 27.2 Å². The zero-order chi connectivity index (χ0) is 21.9. The Kier molecular flexibility index (Phi) is 4.31. The highest BCUT2D eigenvalue weighted by Crippen LogP contribution is 2.43. The van der Waals surface area contributed by atoms with E-state index < -0.39 is 0 Å². The molecule has 0 fully saturated rings. The highest BCUT2D eigenvalue weighted by Gasteiger charge is 2.21. The number of aromatic nitrogens is 2. The molecule has 0 bridgehead atoms. The lowest BCUT2D eigenvalue weighted by Crippen LogP contribution is -2.09. The van der Waals surface area contributed by atoms with Gasteiger partial charge in [-0.2, -0.15) is 0 Å². The molecule has 32 heavy (non-hydrogen) atoms. The minimum Gasteiger partial charge on any atom is -0.236 e. The van der Waals surface area contributed by atoms with Crippen LogP contribution in [-0.4, -0.2) is 9.97 Å². The average molecular weight is 433 g/mol. The first kappa shape index (κ1) is 19.4. The van der Waals surface area contributed by atoms with Crippen molar-refractivity contribution in [3.8, 4) is 11.3 Å². The van der Waals surface area contributed by atoms with Gasteiger partial charge in [-0.1, -0.05) is 81.4 Å². The Morgan fingerprint density at radius 1 is 0.750 bits per heavy atom. The normalized spacial score (nSPS) is 12.3. The molecule has 0 saturated carbocycles. The number of fused-ring (bicyclic) bond motifs is 5. The van der Waals surface area contributed by atoms with Crippen molar-refractivity contribution >= 4 is 53.2 Å². The fourth-order valence-corrected chi connectivity index (χ4v) is 5.93. The molecular formula is C29H24N2S. The van der Waals surface area contributed by atoms with E-state index in [9.17, 15) is 0 Å². The van der Waals surface area contributed by atoms with Crippen LogP contribution in [0, 0.1) is 5.41 Å². The molecule has 6 rings (SSSR count). The molecule has 4 aromatic carbocycles. The molecule has 2 nitrogen and oxygen atoms in total. The van der Waals surface area contributed by atoms with Crippen LogP contribution in [0.5, 0.6) is 0 Å². The van der Waals surface area contributed by atoms with E-state index in [1.54, 1.807) is 17.7 Å². The van der Waals surface area contributed by atoms with Crippen LogP contribution >= 0.6 is 11.3 Å². The molecule has 2 aromatic heterocycles. The first-order chi connectivity index (χ1) is 15.5. The van der Waals surface area contributed by atoms with E-state index in [2.05, 4.69) is 93.6 Å². The van der Waals surface area contributed by atoms with Crippen LogP contribution < -0.4 is 0 Å². The Morgan fingerprint density at radius 3 is 2.31 bits per heavy atom. The van der Waals surface area contributed by atoms with E-state index in [4.69, 9.17) is 9.97 Å². The maximum absolute atomic E-state index is 4.79.